The second-order valence-electron chi connectivity index (χ2n) is 7.36. The van der Waals surface area contributed by atoms with Crippen molar-refractivity contribution < 1.29 is 9.59 Å². The molecule has 150 valence electrons. The lowest BCUT2D eigenvalue weighted by atomic mass is 10.0. The number of amides is 2. The lowest BCUT2D eigenvalue weighted by molar-refractivity contribution is -0.136. The van der Waals surface area contributed by atoms with Gasteiger partial charge in [-0.3, -0.25) is 14.5 Å². The average Bonchev–Trinajstić information content (AvgIpc) is 3.19. The molecule has 5 nitrogen and oxygen atoms in total. The first-order chi connectivity index (χ1) is 13.5. The molecule has 7 heteroatoms. The van der Waals surface area contributed by atoms with Crippen LogP contribution in [-0.4, -0.2) is 53.8 Å². The van der Waals surface area contributed by atoms with E-state index in [9.17, 15) is 9.59 Å². The summed E-state index contributed by atoms with van der Waals surface area (Å²) in [5.74, 6) is -0.344. The van der Waals surface area contributed by atoms with Crippen LogP contribution in [0.2, 0.25) is 5.02 Å². The number of nitrogens with zero attached hydrogens (tertiary/aromatic N) is 2. The van der Waals surface area contributed by atoms with E-state index in [-0.39, 0.29) is 17.7 Å². The van der Waals surface area contributed by atoms with E-state index in [1.165, 1.54) is 4.88 Å². The molecule has 1 saturated heterocycles. The fourth-order valence-electron chi connectivity index (χ4n) is 3.32. The number of halogens is 1. The molecule has 2 aromatic rings. The first kappa shape index (κ1) is 20.8. The summed E-state index contributed by atoms with van der Waals surface area (Å²) in [6.45, 7) is 7.85. The summed E-state index contributed by atoms with van der Waals surface area (Å²) in [6.07, 6.45) is 0. The second-order valence-corrected chi connectivity index (χ2v) is 8.80. The zero-order chi connectivity index (χ0) is 20.1. The van der Waals surface area contributed by atoms with Crippen LogP contribution in [0.15, 0.2) is 41.8 Å². The number of rotatable bonds is 6. The molecule has 0 bridgehead atoms. The van der Waals surface area contributed by atoms with E-state index in [4.69, 9.17) is 11.6 Å². The van der Waals surface area contributed by atoms with Gasteiger partial charge in [-0.1, -0.05) is 43.6 Å². The van der Waals surface area contributed by atoms with Gasteiger partial charge in [0.1, 0.15) is 6.04 Å². The predicted octanol–water partition coefficient (Wildman–Crippen LogP) is 3.50. The van der Waals surface area contributed by atoms with Gasteiger partial charge in [-0.05, 0) is 29.5 Å². The van der Waals surface area contributed by atoms with Crippen LogP contribution in [0.5, 0.6) is 0 Å². The molecule has 1 atom stereocenters. The number of thiophene rings is 1. The highest BCUT2D eigenvalue weighted by Crippen LogP contribution is 2.17. The maximum atomic E-state index is 13.1. The van der Waals surface area contributed by atoms with Crippen molar-refractivity contribution in [1.29, 1.82) is 0 Å². The average molecular weight is 420 g/mol. The van der Waals surface area contributed by atoms with Crippen molar-refractivity contribution >= 4 is 34.8 Å². The lowest BCUT2D eigenvalue weighted by Crippen LogP contribution is -2.56. The highest BCUT2D eigenvalue weighted by molar-refractivity contribution is 7.09. The largest absolute Gasteiger partial charge is 0.340 e. The Morgan fingerprint density at radius 2 is 1.82 bits per heavy atom. The van der Waals surface area contributed by atoms with Crippen molar-refractivity contribution in [2.75, 3.05) is 26.2 Å². The van der Waals surface area contributed by atoms with Crippen LogP contribution in [0.25, 0.3) is 0 Å². The third kappa shape index (κ3) is 5.13. The van der Waals surface area contributed by atoms with Crippen molar-refractivity contribution in [2.45, 2.75) is 26.4 Å². The quantitative estimate of drug-likeness (QED) is 0.779. The monoisotopic (exact) mass is 419 g/mol. The van der Waals surface area contributed by atoms with E-state index >= 15 is 0 Å². The molecule has 1 aromatic carbocycles. The number of hydrogen-bond donors (Lipinski definition) is 1. The third-order valence-corrected chi connectivity index (χ3v) is 6.17. The van der Waals surface area contributed by atoms with Gasteiger partial charge in [-0.15, -0.1) is 11.3 Å². The Bertz CT molecular complexity index is 802. The topological polar surface area (TPSA) is 52.7 Å². The Hall–Kier alpha value is -1.89. The third-order valence-electron chi connectivity index (χ3n) is 4.98. The van der Waals surface area contributed by atoms with Gasteiger partial charge in [0, 0.05) is 37.6 Å². The Kier molecular flexibility index (Phi) is 7.10. The molecular weight excluding hydrogens is 394 g/mol. The smallest absolute Gasteiger partial charge is 0.253 e. The normalized spacial score (nSPS) is 16.2. The summed E-state index contributed by atoms with van der Waals surface area (Å²) < 4.78 is 0. The maximum Gasteiger partial charge on any atom is 0.253 e. The van der Waals surface area contributed by atoms with Gasteiger partial charge in [-0.25, -0.2) is 0 Å². The van der Waals surface area contributed by atoms with Crippen LogP contribution < -0.4 is 5.32 Å². The fourth-order valence-corrected chi connectivity index (χ4v) is 4.29. The number of piperazine rings is 1. The molecular formula is C21H26ClN3O2S. The van der Waals surface area contributed by atoms with Gasteiger partial charge >= 0.3 is 0 Å². The van der Waals surface area contributed by atoms with Crippen LogP contribution >= 0.6 is 22.9 Å². The van der Waals surface area contributed by atoms with Crippen LogP contribution in [0.4, 0.5) is 0 Å². The van der Waals surface area contributed by atoms with E-state index in [1.54, 1.807) is 35.6 Å². The number of benzene rings is 1. The number of carbonyl (C=O) groups is 2. The van der Waals surface area contributed by atoms with Crippen LogP contribution in [0.1, 0.15) is 29.1 Å². The molecule has 1 aliphatic heterocycles. The van der Waals surface area contributed by atoms with Crippen molar-refractivity contribution in [1.82, 2.24) is 15.1 Å². The Balaban J connectivity index is 1.59. The first-order valence-corrected chi connectivity index (χ1v) is 10.8. The van der Waals surface area contributed by atoms with E-state index in [0.717, 1.165) is 19.6 Å². The predicted molar refractivity (Wildman–Crippen MR) is 114 cm³/mol. The van der Waals surface area contributed by atoms with Crippen molar-refractivity contribution in [2.24, 2.45) is 5.92 Å². The van der Waals surface area contributed by atoms with Crippen molar-refractivity contribution in [3.05, 3.63) is 57.2 Å². The molecule has 2 amide bonds. The molecule has 0 unspecified atom stereocenters. The second kappa shape index (κ2) is 9.54. The van der Waals surface area contributed by atoms with Gasteiger partial charge in [-0.2, -0.15) is 0 Å². The maximum absolute atomic E-state index is 13.1. The number of carbonyl (C=O) groups excluding carboxylic acids is 2. The summed E-state index contributed by atoms with van der Waals surface area (Å²) in [6, 6.07) is 10.5. The van der Waals surface area contributed by atoms with Gasteiger partial charge in [0.25, 0.3) is 5.91 Å². The molecule has 0 spiro atoms. The minimum Gasteiger partial charge on any atom is -0.340 e. The van der Waals surface area contributed by atoms with E-state index < -0.39 is 6.04 Å². The lowest BCUT2D eigenvalue weighted by Gasteiger charge is -2.37. The number of hydrogen-bond acceptors (Lipinski definition) is 4. The Morgan fingerprint density at radius 3 is 2.43 bits per heavy atom. The van der Waals surface area contributed by atoms with E-state index in [0.29, 0.717) is 23.7 Å². The summed E-state index contributed by atoms with van der Waals surface area (Å²) in [4.78, 5) is 31.3. The zero-order valence-electron chi connectivity index (χ0n) is 16.2. The van der Waals surface area contributed by atoms with Crippen molar-refractivity contribution in [3.63, 3.8) is 0 Å². The minimum absolute atomic E-state index is 0.0110. The zero-order valence-corrected chi connectivity index (χ0v) is 17.8. The summed E-state index contributed by atoms with van der Waals surface area (Å²) in [5, 5.41) is 5.37. The SMILES string of the molecule is CC(C)[C@H](NC(=O)c1ccccc1Cl)C(=O)N1CCN(Cc2cccs2)CC1. The molecule has 1 fully saturated rings. The van der Waals surface area contributed by atoms with Gasteiger partial charge in [0.15, 0.2) is 0 Å². The summed E-state index contributed by atoms with van der Waals surface area (Å²) in [7, 11) is 0. The van der Waals surface area contributed by atoms with Crippen molar-refractivity contribution in [3.8, 4) is 0 Å². The Labute approximate surface area is 175 Å². The van der Waals surface area contributed by atoms with Crippen LogP contribution in [0.3, 0.4) is 0 Å². The highest BCUT2D eigenvalue weighted by atomic mass is 35.5. The van der Waals surface area contributed by atoms with E-state index in [2.05, 4.69) is 27.7 Å². The van der Waals surface area contributed by atoms with Gasteiger partial charge in [0.05, 0.1) is 10.6 Å². The van der Waals surface area contributed by atoms with Crippen LogP contribution in [-0.2, 0) is 11.3 Å². The molecule has 2 heterocycles. The molecule has 3 rings (SSSR count). The molecule has 0 radical (unpaired) electrons. The first-order valence-electron chi connectivity index (χ1n) is 9.54. The molecule has 28 heavy (non-hydrogen) atoms. The Morgan fingerprint density at radius 1 is 1.11 bits per heavy atom. The molecule has 0 aliphatic carbocycles. The fraction of sp³-hybridized carbons (Fsp3) is 0.429. The molecule has 1 aliphatic rings. The summed E-state index contributed by atoms with van der Waals surface area (Å²) in [5.41, 5.74) is 0.392. The molecule has 1 N–H and O–H groups in total. The number of nitrogens with one attached hydrogen (secondary N) is 1. The van der Waals surface area contributed by atoms with E-state index in [1.807, 2.05) is 18.7 Å². The molecule has 0 saturated carbocycles. The molecule has 1 aromatic heterocycles. The summed E-state index contributed by atoms with van der Waals surface area (Å²) >= 11 is 7.88. The highest BCUT2D eigenvalue weighted by Gasteiger charge is 2.31. The standard InChI is InChI=1S/C21H26ClN3O2S/c1-15(2)19(23-20(26)17-7-3-4-8-18(17)22)21(27)25-11-9-24(10-12-25)14-16-6-5-13-28-16/h3-8,13,15,19H,9-12,14H2,1-2H3,(H,23,26)/t19-/m0/s1. The van der Waals surface area contributed by atoms with Gasteiger partial charge in [0.2, 0.25) is 5.91 Å². The van der Waals surface area contributed by atoms with Crippen LogP contribution in [0, 0.1) is 5.92 Å². The van der Waals surface area contributed by atoms with Gasteiger partial charge < -0.3 is 10.2 Å². The minimum atomic E-state index is -0.562.